The Balaban J connectivity index is 1.97. The normalized spacial score (nSPS) is 26.4. The molecule has 0 aromatic carbocycles. The summed E-state index contributed by atoms with van der Waals surface area (Å²) in [6.45, 7) is 3.00. The first-order valence-corrected chi connectivity index (χ1v) is 4.99. The zero-order valence-electron chi connectivity index (χ0n) is 7.90. The van der Waals surface area contributed by atoms with Crippen LogP contribution >= 0.6 is 11.6 Å². The zero-order valence-corrected chi connectivity index (χ0v) is 8.66. The third-order valence-electron chi connectivity index (χ3n) is 2.21. The van der Waals surface area contributed by atoms with Gasteiger partial charge < -0.3 is 10.1 Å². The van der Waals surface area contributed by atoms with E-state index in [1.807, 2.05) is 0 Å². The van der Waals surface area contributed by atoms with Crippen LogP contribution in [0.15, 0.2) is 12.4 Å². The number of hydrogen-bond acceptors (Lipinski definition) is 4. The fourth-order valence-electron chi connectivity index (χ4n) is 1.54. The SMILES string of the molecule is C[C@@H]1C[C@@H](Oc2cc(Cl)ncn2)CN1. The molecule has 0 aliphatic carbocycles. The number of halogens is 1. The molecule has 0 unspecified atom stereocenters. The Morgan fingerprint density at radius 3 is 3.07 bits per heavy atom. The Hall–Kier alpha value is -0.870. The van der Waals surface area contributed by atoms with E-state index in [0.29, 0.717) is 17.1 Å². The lowest BCUT2D eigenvalue weighted by atomic mass is 10.2. The van der Waals surface area contributed by atoms with Crippen molar-refractivity contribution in [3.8, 4) is 5.88 Å². The Morgan fingerprint density at radius 1 is 1.57 bits per heavy atom. The number of rotatable bonds is 2. The predicted octanol–water partition coefficient (Wildman–Crippen LogP) is 1.26. The summed E-state index contributed by atoms with van der Waals surface area (Å²) < 4.78 is 5.63. The lowest BCUT2D eigenvalue weighted by Crippen LogP contribution is -2.20. The highest BCUT2D eigenvalue weighted by Gasteiger charge is 2.22. The number of nitrogens with zero attached hydrogens (tertiary/aromatic N) is 2. The van der Waals surface area contributed by atoms with Crippen LogP contribution < -0.4 is 10.1 Å². The molecule has 1 aliphatic rings. The highest BCUT2D eigenvalue weighted by Crippen LogP contribution is 2.16. The average molecular weight is 214 g/mol. The first-order chi connectivity index (χ1) is 6.74. The molecule has 1 N–H and O–H groups in total. The molecule has 1 aromatic heterocycles. The first kappa shape index (κ1) is 9.68. The molecule has 1 aromatic rings. The summed E-state index contributed by atoms with van der Waals surface area (Å²) in [4.78, 5) is 7.77. The summed E-state index contributed by atoms with van der Waals surface area (Å²) in [5.41, 5.74) is 0. The van der Waals surface area contributed by atoms with Crippen LogP contribution in [0.2, 0.25) is 5.15 Å². The smallest absolute Gasteiger partial charge is 0.218 e. The van der Waals surface area contributed by atoms with Crippen molar-refractivity contribution in [3.05, 3.63) is 17.5 Å². The molecule has 0 saturated carbocycles. The van der Waals surface area contributed by atoms with E-state index in [2.05, 4.69) is 22.2 Å². The van der Waals surface area contributed by atoms with Crippen LogP contribution in [0, 0.1) is 0 Å². The van der Waals surface area contributed by atoms with E-state index in [4.69, 9.17) is 16.3 Å². The molecule has 1 saturated heterocycles. The topological polar surface area (TPSA) is 47.0 Å². The Kier molecular flexibility index (Phi) is 2.84. The Morgan fingerprint density at radius 2 is 2.43 bits per heavy atom. The molecule has 2 heterocycles. The maximum Gasteiger partial charge on any atom is 0.218 e. The van der Waals surface area contributed by atoms with Crippen LogP contribution in [-0.4, -0.2) is 28.7 Å². The number of nitrogens with one attached hydrogen (secondary N) is 1. The van der Waals surface area contributed by atoms with Gasteiger partial charge in [0.15, 0.2) is 0 Å². The fourth-order valence-corrected chi connectivity index (χ4v) is 1.67. The van der Waals surface area contributed by atoms with E-state index in [1.54, 1.807) is 6.07 Å². The van der Waals surface area contributed by atoms with Crippen LogP contribution in [0.4, 0.5) is 0 Å². The van der Waals surface area contributed by atoms with Crippen LogP contribution in [0.3, 0.4) is 0 Å². The molecule has 2 atom stereocenters. The first-order valence-electron chi connectivity index (χ1n) is 4.61. The largest absolute Gasteiger partial charge is 0.473 e. The lowest BCUT2D eigenvalue weighted by molar-refractivity contribution is 0.211. The van der Waals surface area contributed by atoms with E-state index in [1.165, 1.54) is 6.33 Å². The van der Waals surface area contributed by atoms with Gasteiger partial charge in [0.25, 0.3) is 0 Å². The van der Waals surface area contributed by atoms with Gasteiger partial charge in [-0.05, 0) is 6.92 Å². The Labute approximate surface area is 87.7 Å². The van der Waals surface area contributed by atoms with Gasteiger partial charge in [-0.25, -0.2) is 9.97 Å². The van der Waals surface area contributed by atoms with Gasteiger partial charge in [-0.2, -0.15) is 0 Å². The number of aromatic nitrogens is 2. The quantitative estimate of drug-likeness (QED) is 0.752. The molecule has 1 fully saturated rings. The molecule has 5 heteroatoms. The summed E-state index contributed by atoms with van der Waals surface area (Å²) in [6, 6.07) is 2.14. The Bertz CT molecular complexity index is 321. The monoisotopic (exact) mass is 213 g/mol. The van der Waals surface area contributed by atoms with Gasteiger partial charge in [0.1, 0.15) is 17.6 Å². The fraction of sp³-hybridized carbons (Fsp3) is 0.556. The van der Waals surface area contributed by atoms with Crippen LogP contribution in [-0.2, 0) is 0 Å². The highest BCUT2D eigenvalue weighted by molar-refractivity contribution is 6.29. The number of ether oxygens (including phenoxy) is 1. The minimum atomic E-state index is 0.191. The van der Waals surface area contributed by atoms with Gasteiger partial charge in [-0.15, -0.1) is 0 Å². The van der Waals surface area contributed by atoms with E-state index in [0.717, 1.165) is 13.0 Å². The van der Waals surface area contributed by atoms with Crippen molar-refractivity contribution >= 4 is 11.6 Å². The standard InChI is InChI=1S/C9H12ClN3O/c1-6-2-7(4-11-6)14-9-3-8(10)12-5-13-9/h3,5-7,11H,2,4H2,1H3/t6-,7-/m1/s1. The summed E-state index contributed by atoms with van der Waals surface area (Å²) in [5.74, 6) is 0.547. The molecule has 4 nitrogen and oxygen atoms in total. The third-order valence-corrected chi connectivity index (χ3v) is 2.41. The second kappa shape index (κ2) is 4.11. The summed E-state index contributed by atoms with van der Waals surface area (Å²) in [5, 5.41) is 3.71. The van der Waals surface area contributed by atoms with Gasteiger partial charge >= 0.3 is 0 Å². The summed E-state index contributed by atoms with van der Waals surface area (Å²) in [7, 11) is 0. The molecule has 14 heavy (non-hydrogen) atoms. The van der Waals surface area contributed by atoms with Crippen molar-refractivity contribution in [2.24, 2.45) is 0 Å². The summed E-state index contributed by atoms with van der Waals surface area (Å²) >= 11 is 5.71. The van der Waals surface area contributed by atoms with Crippen molar-refractivity contribution in [1.29, 1.82) is 0 Å². The minimum absolute atomic E-state index is 0.191. The third kappa shape index (κ3) is 2.33. The van der Waals surface area contributed by atoms with E-state index in [9.17, 15) is 0 Å². The molecular weight excluding hydrogens is 202 g/mol. The van der Waals surface area contributed by atoms with Gasteiger partial charge in [0, 0.05) is 25.1 Å². The van der Waals surface area contributed by atoms with Crippen molar-refractivity contribution < 1.29 is 4.74 Å². The molecule has 2 rings (SSSR count). The van der Waals surface area contributed by atoms with Crippen molar-refractivity contribution in [2.75, 3.05) is 6.54 Å². The zero-order chi connectivity index (χ0) is 9.97. The average Bonchev–Trinajstić information content (AvgIpc) is 2.51. The van der Waals surface area contributed by atoms with Crippen LogP contribution in [0.1, 0.15) is 13.3 Å². The summed E-state index contributed by atoms with van der Waals surface area (Å²) in [6.07, 6.45) is 2.60. The van der Waals surface area contributed by atoms with E-state index >= 15 is 0 Å². The maximum absolute atomic E-state index is 5.71. The molecule has 76 valence electrons. The second-order valence-corrected chi connectivity index (χ2v) is 3.85. The van der Waals surface area contributed by atoms with Crippen LogP contribution in [0.25, 0.3) is 0 Å². The van der Waals surface area contributed by atoms with E-state index < -0.39 is 0 Å². The molecule has 0 bridgehead atoms. The van der Waals surface area contributed by atoms with Crippen LogP contribution in [0.5, 0.6) is 5.88 Å². The van der Waals surface area contributed by atoms with Crippen molar-refractivity contribution in [2.45, 2.75) is 25.5 Å². The van der Waals surface area contributed by atoms with Crippen molar-refractivity contribution in [3.63, 3.8) is 0 Å². The van der Waals surface area contributed by atoms with Gasteiger partial charge in [0.05, 0.1) is 0 Å². The number of hydrogen-bond donors (Lipinski definition) is 1. The lowest BCUT2D eigenvalue weighted by Gasteiger charge is -2.10. The molecule has 0 spiro atoms. The predicted molar refractivity (Wildman–Crippen MR) is 53.5 cm³/mol. The van der Waals surface area contributed by atoms with Crippen molar-refractivity contribution in [1.82, 2.24) is 15.3 Å². The minimum Gasteiger partial charge on any atom is -0.473 e. The maximum atomic E-state index is 5.71. The van der Waals surface area contributed by atoms with Gasteiger partial charge in [-0.1, -0.05) is 11.6 Å². The molecule has 1 aliphatic heterocycles. The second-order valence-electron chi connectivity index (χ2n) is 3.46. The van der Waals surface area contributed by atoms with Gasteiger partial charge in [-0.3, -0.25) is 0 Å². The highest BCUT2D eigenvalue weighted by atomic mass is 35.5. The van der Waals surface area contributed by atoms with Gasteiger partial charge in [0.2, 0.25) is 5.88 Å². The molecule has 0 amide bonds. The van der Waals surface area contributed by atoms with E-state index in [-0.39, 0.29) is 6.10 Å². The molecule has 0 radical (unpaired) electrons. The molecular formula is C9H12ClN3O.